The number of amides is 1. The standard InChI is InChI=1S/C18H18BrF2NO2/c1-18(2,3)11-4-7-16(13(19)8-11)24-10-17(23)22-12-5-6-14(20)15(21)9-12/h4-9H,10H2,1-3H3,(H,22,23). The van der Waals surface area contributed by atoms with Crippen LogP contribution in [0.4, 0.5) is 14.5 Å². The summed E-state index contributed by atoms with van der Waals surface area (Å²) in [6.07, 6.45) is 0. The topological polar surface area (TPSA) is 38.3 Å². The molecule has 3 nitrogen and oxygen atoms in total. The fourth-order valence-corrected chi connectivity index (χ4v) is 2.49. The molecule has 0 aliphatic heterocycles. The Morgan fingerprint density at radius 1 is 1.12 bits per heavy atom. The number of halogens is 3. The molecule has 0 fully saturated rings. The van der Waals surface area contributed by atoms with Gasteiger partial charge in [0.05, 0.1) is 4.47 Å². The molecule has 0 atom stereocenters. The number of benzene rings is 2. The SMILES string of the molecule is CC(C)(C)c1ccc(OCC(=O)Nc2ccc(F)c(F)c2)c(Br)c1. The normalized spacial score (nSPS) is 11.2. The molecule has 0 aliphatic carbocycles. The molecule has 0 saturated heterocycles. The average molecular weight is 398 g/mol. The van der Waals surface area contributed by atoms with Crippen LogP contribution in [-0.4, -0.2) is 12.5 Å². The van der Waals surface area contributed by atoms with Gasteiger partial charge in [0.15, 0.2) is 18.2 Å². The number of anilines is 1. The van der Waals surface area contributed by atoms with E-state index in [1.54, 1.807) is 6.07 Å². The van der Waals surface area contributed by atoms with E-state index in [0.717, 1.165) is 22.2 Å². The van der Waals surface area contributed by atoms with Crippen LogP contribution in [0.2, 0.25) is 0 Å². The van der Waals surface area contributed by atoms with Gasteiger partial charge in [-0.3, -0.25) is 4.79 Å². The van der Waals surface area contributed by atoms with Crippen molar-refractivity contribution in [3.63, 3.8) is 0 Å². The molecule has 6 heteroatoms. The summed E-state index contributed by atoms with van der Waals surface area (Å²) >= 11 is 3.43. The maximum absolute atomic E-state index is 13.1. The highest BCUT2D eigenvalue weighted by molar-refractivity contribution is 9.10. The Hall–Kier alpha value is -1.95. The molecular formula is C18H18BrF2NO2. The van der Waals surface area contributed by atoms with Gasteiger partial charge in [0.2, 0.25) is 0 Å². The Labute approximate surface area is 148 Å². The molecule has 0 bridgehead atoms. The van der Waals surface area contributed by atoms with Gasteiger partial charge in [-0.1, -0.05) is 26.8 Å². The Bertz CT molecular complexity index is 757. The van der Waals surface area contributed by atoms with Crippen LogP contribution in [0.3, 0.4) is 0 Å². The van der Waals surface area contributed by atoms with Gasteiger partial charge in [0.1, 0.15) is 5.75 Å². The van der Waals surface area contributed by atoms with E-state index in [1.165, 1.54) is 6.07 Å². The van der Waals surface area contributed by atoms with Crippen LogP contribution in [0.15, 0.2) is 40.9 Å². The number of carbonyl (C=O) groups is 1. The lowest BCUT2D eigenvalue weighted by molar-refractivity contribution is -0.118. The molecule has 0 heterocycles. The second kappa shape index (κ2) is 7.30. The van der Waals surface area contributed by atoms with Crippen molar-refractivity contribution >= 4 is 27.5 Å². The van der Waals surface area contributed by atoms with Crippen LogP contribution >= 0.6 is 15.9 Å². The van der Waals surface area contributed by atoms with Crippen molar-refractivity contribution in [2.24, 2.45) is 0 Å². The summed E-state index contributed by atoms with van der Waals surface area (Å²) in [6, 6.07) is 8.82. The second-order valence-electron chi connectivity index (χ2n) is 6.36. The molecule has 0 spiro atoms. The largest absolute Gasteiger partial charge is 0.483 e. The van der Waals surface area contributed by atoms with Gasteiger partial charge in [-0.15, -0.1) is 0 Å². The quantitative estimate of drug-likeness (QED) is 0.784. The summed E-state index contributed by atoms with van der Waals surface area (Å²) in [4.78, 5) is 11.9. The Kier molecular flexibility index (Phi) is 5.59. The third-order valence-corrected chi connectivity index (χ3v) is 3.98. The summed E-state index contributed by atoms with van der Waals surface area (Å²) < 4.78 is 32.2. The minimum absolute atomic E-state index is 0.00504. The molecule has 2 rings (SSSR count). The molecule has 1 N–H and O–H groups in total. The van der Waals surface area contributed by atoms with Gasteiger partial charge < -0.3 is 10.1 Å². The first-order valence-electron chi connectivity index (χ1n) is 7.34. The fourth-order valence-electron chi connectivity index (χ4n) is 2.00. The molecule has 0 unspecified atom stereocenters. The maximum atomic E-state index is 13.1. The summed E-state index contributed by atoms with van der Waals surface area (Å²) in [5.74, 6) is -1.92. The van der Waals surface area contributed by atoms with Gasteiger partial charge >= 0.3 is 0 Å². The Balaban J connectivity index is 1.97. The second-order valence-corrected chi connectivity index (χ2v) is 7.22. The molecule has 24 heavy (non-hydrogen) atoms. The summed E-state index contributed by atoms with van der Waals surface area (Å²) in [7, 11) is 0. The van der Waals surface area contributed by atoms with E-state index in [2.05, 4.69) is 42.0 Å². The van der Waals surface area contributed by atoms with Gasteiger partial charge in [0.25, 0.3) is 5.91 Å². The van der Waals surface area contributed by atoms with Crippen LogP contribution in [-0.2, 0) is 10.2 Å². The van der Waals surface area contributed by atoms with E-state index < -0.39 is 17.5 Å². The van der Waals surface area contributed by atoms with E-state index >= 15 is 0 Å². The number of rotatable bonds is 4. The van der Waals surface area contributed by atoms with Crippen LogP contribution < -0.4 is 10.1 Å². The van der Waals surface area contributed by atoms with E-state index in [9.17, 15) is 13.6 Å². The molecule has 2 aromatic rings. The Morgan fingerprint density at radius 3 is 2.42 bits per heavy atom. The number of nitrogens with one attached hydrogen (secondary N) is 1. The van der Waals surface area contributed by atoms with E-state index in [-0.39, 0.29) is 17.7 Å². The third-order valence-electron chi connectivity index (χ3n) is 3.36. The summed E-state index contributed by atoms with van der Waals surface area (Å²) in [5, 5.41) is 2.45. The van der Waals surface area contributed by atoms with Crippen molar-refractivity contribution in [2.75, 3.05) is 11.9 Å². The van der Waals surface area contributed by atoms with E-state index in [4.69, 9.17) is 4.74 Å². The minimum atomic E-state index is -1.02. The molecule has 0 aromatic heterocycles. The van der Waals surface area contributed by atoms with Crippen LogP contribution in [0.5, 0.6) is 5.75 Å². The van der Waals surface area contributed by atoms with Crippen molar-refractivity contribution < 1.29 is 18.3 Å². The number of ether oxygens (including phenoxy) is 1. The summed E-state index contributed by atoms with van der Waals surface area (Å²) in [5.41, 5.74) is 1.31. The predicted molar refractivity (Wildman–Crippen MR) is 93.3 cm³/mol. The van der Waals surface area contributed by atoms with Crippen molar-refractivity contribution in [2.45, 2.75) is 26.2 Å². The van der Waals surface area contributed by atoms with E-state index in [0.29, 0.717) is 5.75 Å². The van der Waals surface area contributed by atoms with Crippen LogP contribution in [0.25, 0.3) is 0 Å². The van der Waals surface area contributed by atoms with Crippen molar-refractivity contribution in [3.8, 4) is 5.75 Å². The highest BCUT2D eigenvalue weighted by atomic mass is 79.9. The van der Waals surface area contributed by atoms with E-state index in [1.807, 2.05) is 12.1 Å². The zero-order valence-electron chi connectivity index (χ0n) is 13.6. The first-order valence-corrected chi connectivity index (χ1v) is 8.14. The predicted octanol–water partition coefficient (Wildman–Crippen LogP) is 5.04. The third kappa shape index (κ3) is 4.77. The first-order chi connectivity index (χ1) is 11.2. The Morgan fingerprint density at radius 2 is 1.83 bits per heavy atom. The van der Waals surface area contributed by atoms with Crippen LogP contribution in [0, 0.1) is 11.6 Å². The fraction of sp³-hybridized carbons (Fsp3) is 0.278. The lowest BCUT2D eigenvalue weighted by atomic mass is 9.87. The number of carbonyl (C=O) groups excluding carboxylic acids is 1. The molecule has 128 valence electrons. The lowest BCUT2D eigenvalue weighted by Gasteiger charge is -2.20. The molecule has 0 radical (unpaired) electrons. The van der Waals surface area contributed by atoms with Crippen molar-refractivity contribution in [1.82, 2.24) is 0 Å². The number of hydrogen-bond donors (Lipinski definition) is 1. The van der Waals surface area contributed by atoms with Gasteiger partial charge in [-0.25, -0.2) is 8.78 Å². The van der Waals surface area contributed by atoms with Crippen molar-refractivity contribution in [3.05, 3.63) is 58.1 Å². The first kappa shape index (κ1) is 18.4. The smallest absolute Gasteiger partial charge is 0.262 e. The molecule has 0 saturated carbocycles. The van der Waals surface area contributed by atoms with Gasteiger partial charge in [-0.05, 0) is 51.2 Å². The van der Waals surface area contributed by atoms with Crippen LogP contribution in [0.1, 0.15) is 26.3 Å². The molecular weight excluding hydrogens is 380 g/mol. The minimum Gasteiger partial charge on any atom is -0.483 e. The average Bonchev–Trinajstić information content (AvgIpc) is 2.49. The lowest BCUT2D eigenvalue weighted by Crippen LogP contribution is -2.20. The highest BCUT2D eigenvalue weighted by Gasteiger charge is 2.15. The zero-order chi connectivity index (χ0) is 17.9. The van der Waals surface area contributed by atoms with Gasteiger partial charge in [0, 0.05) is 11.8 Å². The highest BCUT2D eigenvalue weighted by Crippen LogP contribution is 2.31. The van der Waals surface area contributed by atoms with Crippen molar-refractivity contribution in [1.29, 1.82) is 0 Å². The monoisotopic (exact) mass is 397 g/mol. The molecule has 2 aromatic carbocycles. The summed E-state index contributed by atoms with van der Waals surface area (Å²) in [6.45, 7) is 6.06. The maximum Gasteiger partial charge on any atom is 0.262 e. The van der Waals surface area contributed by atoms with Gasteiger partial charge in [-0.2, -0.15) is 0 Å². The molecule has 1 amide bonds. The zero-order valence-corrected chi connectivity index (χ0v) is 15.2. The molecule has 0 aliphatic rings. The number of hydrogen-bond acceptors (Lipinski definition) is 2.